The zero-order chi connectivity index (χ0) is 20.9. The van der Waals surface area contributed by atoms with Crippen LogP contribution in [-0.2, 0) is 15.8 Å². The molecule has 0 saturated carbocycles. The van der Waals surface area contributed by atoms with E-state index in [1.54, 1.807) is 45.0 Å². The lowest BCUT2D eigenvalue weighted by molar-refractivity contribution is -0.137. The molecule has 0 spiro atoms. The maximum atomic E-state index is 12.7. The molecule has 0 heterocycles. The molecule has 0 unspecified atom stereocenters. The molecule has 2 rings (SSSR count). The molecule has 5 nitrogen and oxygen atoms in total. The van der Waals surface area contributed by atoms with E-state index in [1.807, 2.05) is 0 Å². The van der Waals surface area contributed by atoms with Crippen LogP contribution in [0.2, 0.25) is 0 Å². The van der Waals surface area contributed by atoms with Crippen LogP contribution in [0.25, 0.3) is 0 Å². The van der Waals surface area contributed by atoms with E-state index in [9.17, 15) is 22.8 Å². The minimum Gasteiger partial charge on any atom is -0.484 e. The van der Waals surface area contributed by atoms with E-state index in [0.29, 0.717) is 11.4 Å². The van der Waals surface area contributed by atoms with Gasteiger partial charge in [0.15, 0.2) is 6.61 Å². The zero-order valence-corrected chi connectivity index (χ0v) is 15.7. The number of amides is 2. The predicted molar refractivity (Wildman–Crippen MR) is 100 cm³/mol. The van der Waals surface area contributed by atoms with E-state index in [0.717, 1.165) is 12.1 Å². The third-order valence-electron chi connectivity index (χ3n) is 3.62. The second-order valence-corrected chi connectivity index (χ2v) is 7.15. The van der Waals surface area contributed by atoms with E-state index in [1.165, 1.54) is 12.1 Å². The molecular weight excluding hydrogens is 373 g/mol. The van der Waals surface area contributed by atoms with Gasteiger partial charge in [0.2, 0.25) is 5.91 Å². The van der Waals surface area contributed by atoms with Gasteiger partial charge >= 0.3 is 6.18 Å². The van der Waals surface area contributed by atoms with Crippen LogP contribution in [0.15, 0.2) is 48.5 Å². The van der Waals surface area contributed by atoms with Crippen molar-refractivity contribution in [2.45, 2.75) is 26.9 Å². The second kappa shape index (κ2) is 8.33. The first-order valence-electron chi connectivity index (χ1n) is 8.46. The Morgan fingerprint density at radius 1 is 0.929 bits per heavy atom. The molecule has 0 aromatic heterocycles. The van der Waals surface area contributed by atoms with Crippen LogP contribution in [0.1, 0.15) is 26.3 Å². The highest BCUT2D eigenvalue weighted by atomic mass is 19.4. The Morgan fingerprint density at radius 2 is 1.54 bits per heavy atom. The maximum absolute atomic E-state index is 12.7. The van der Waals surface area contributed by atoms with Crippen molar-refractivity contribution >= 4 is 23.2 Å². The number of carbonyl (C=O) groups is 2. The largest absolute Gasteiger partial charge is 0.484 e. The van der Waals surface area contributed by atoms with Gasteiger partial charge in [0.05, 0.1) is 5.56 Å². The van der Waals surface area contributed by atoms with Crippen molar-refractivity contribution in [3.63, 3.8) is 0 Å². The molecule has 2 N–H and O–H groups in total. The number of hydrogen-bond donors (Lipinski definition) is 2. The number of benzene rings is 2. The van der Waals surface area contributed by atoms with Crippen LogP contribution in [0.5, 0.6) is 5.75 Å². The van der Waals surface area contributed by atoms with Gasteiger partial charge in [0, 0.05) is 22.9 Å². The van der Waals surface area contributed by atoms with Gasteiger partial charge in [-0.3, -0.25) is 9.59 Å². The summed E-state index contributed by atoms with van der Waals surface area (Å²) >= 11 is 0. The molecule has 150 valence electrons. The molecule has 0 aliphatic carbocycles. The molecule has 8 heteroatoms. The van der Waals surface area contributed by atoms with E-state index in [2.05, 4.69) is 10.6 Å². The monoisotopic (exact) mass is 394 g/mol. The Hall–Kier alpha value is -3.03. The van der Waals surface area contributed by atoms with Crippen molar-refractivity contribution in [2.75, 3.05) is 17.2 Å². The molecule has 2 aromatic carbocycles. The number of anilines is 2. The van der Waals surface area contributed by atoms with E-state index >= 15 is 0 Å². The minimum atomic E-state index is -4.49. The summed E-state index contributed by atoms with van der Waals surface area (Å²) in [6.07, 6.45) is -4.49. The van der Waals surface area contributed by atoms with Gasteiger partial charge in [-0.15, -0.1) is 0 Å². The molecule has 2 aromatic rings. The molecule has 28 heavy (non-hydrogen) atoms. The van der Waals surface area contributed by atoms with Crippen LogP contribution in [-0.4, -0.2) is 18.4 Å². The number of rotatable bonds is 5. The Labute approximate surface area is 160 Å². The lowest BCUT2D eigenvalue weighted by Gasteiger charge is -2.18. The first-order valence-corrected chi connectivity index (χ1v) is 8.46. The topological polar surface area (TPSA) is 67.4 Å². The fourth-order valence-corrected chi connectivity index (χ4v) is 2.10. The molecule has 0 aliphatic heterocycles. The predicted octanol–water partition coefficient (Wildman–Crippen LogP) is 4.71. The molecule has 2 amide bonds. The molecular formula is C20H21F3N2O3. The summed E-state index contributed by atoms with van der Waals surface area (Å²) in [6, 6.07) is 10.8. The fourth-order valence-electron chi connectivity index (χ4n) is 2.10. The first kappa shape index (κ1) is 21.3. The lowest BCUT2D eigenvalue weighted by Crippen LogP contribution is -2.27. The van der Waals surface area contributed by atoms with Crippen molar-refractivity contribution in [1.82, 2.24) is 0 Å². The Morgan fingerprint density at radius 3 is 2.14 bits per heavy atom. The summed E-state index contributed by atoms with van der Waals surface area (Å²) in [6.45, 7) is 4.94. The average molecular weight is 394 g/mol. The van der Waals surface area contributed by atoms with Gasteiger partial charge in [-0.1, -0.05) is 32.9 Å². The normalized spacial score (nSPS) is 11.6. The van der Waals surface area contributed by atoms with E-state index in [-0.39, 0.29) is 11.6 Å². The van der Waals surface area contributed by atoms with Crippen LogP contribution < -0.4 is 15.4 Å². The number of halogens is 3. The Bertz CT molecular complexity index is 858. The van der Waals surface area contributed by atoms with Crippen LogP contribution in [0.3, 0.4) is 0 Å². The van der Waals surface area contributed by atoms with Crippen molar-refractivity contribution in [2.24, 2.45) is 5.41 Å². The van der Waals surface area contributed by atoms with Crippen molar-refractivity contribution in [3.05, 3.63) is 54.1 Å². The number of ether oxygens (including phenoxy) is 1. The van der Waals surface area contributed by atoms with Crippen LogP contribution in [0, 0.1) is 5.41 Å². The smallest absolute Gasteiger partial charge is 0.416 e. The summed E-state index contributed by atoms with van der Waals surface area (Å²) < 4.78 is 43.5. The lowest BCUT2D eigenvalue weighted by atomic mass is 9.95. The quantitative estimate of drug-likeness (QED) is 0.772. The highest BCUT2D eigenvalue weighted by molar-refractivity contribution is 5.94. The van der Waals surface area contributed by atoms with Crippen molar-refractivity contribution < 1.29 is 27.5 Å². The number of hydrogen-bond acceptors (Lipinski definition) is 3. The minimum absolute atomic E-state index is 0.0228. The third-order valence-corrected chi connectivity index (χ3v) is 3.62. The summed E-state index contributed by atoms with van der Waals surface area (Å²) in [7, 11) is 0. The average Bonchev–Trinajstić information content (AvgIpc) is 2.59. The van der Waals surface area contributed by atoms with E-state index < -0.39 is 29.7 Å². The highest BCUT2D eigenvalue weighted by Gasteiger charge is 2.30. The number of carbonyl (C=O) groups excluding carboxylic acids is 2. The van der Waals surface area contributed by atoms with Gasteiger partial charge < -0.3 is 15.4 Å². The summed E-state index contributed by atoms with van der Waals surface area (Å²) in [5.74, 6) is -0.443. The Balaban J connectivity index is 1.95. The molecule has 0 aliphatic rings. The van der Waals surface area contributed by atoms with Gasteiger partial charge in [-0.25, -0.2) is 0 Å². The zero-order valence-electron chi connectivity index (χ0n) is 15.7. The standard InChI is InChI=1S/C20H21F3N2O3/c1-19(2,3)18(27)25-15-8-5-9-16(11-15)28-12-17(26)24-14-7-4-6-13(10-14)20(21,22)23/h4-11H,12H2,1-3H3,(H,24,26)(H,25,27). The summed E-state index contributed by atoms with van der Waals surface area (Å²) in [5, 5.41) is 5.10. The van der Waals surface area contributed by atoms with Crippen molar-refractivity contribution in [1.29, 1.82) is 0 Å². The highest BCUT2D eigenvalue weighted by Crippen LogP contribution is 2.30. The number of alkyl halides is 3. The molecule has 0 bridgehead atoms. The molecule has 0 radical (unpaired) electrons. The van der Waals surface area contributed by atoms with Gasteiger partial charge in [0.1, 0.15) is 5.75 Å². The van der Waals surface area contributed by atoms with Gasteiger partial charge in [0.25, 0.3) is 5.91 Å². The SMILES string of the molecule is CC(C)(C)C(=O)Nc1cccc(OCC(=O)Nc2cccc(C(F)(F)F)c2)c1. The molecule has 0 saturated heterocycles. The summed E-state index contributed by atoms with van der Waals surface area (Å²) in [4.78, 5) is 24.0. The third kappa shape index (κ3) is 6.29. The Kier molecular flexibility index (Phi) is 6.33. The van der Waals surface area contributed by atoms with Gasteiger partial charge in [-0.05, 0) is 30.3 Å². The van der Waals surface area contributed by atoms with E-state index in [4.69, 9.17) is 4.74 Å². The molecule has 0 atom stereocenters. The van der Waals surface area contributed by atoms with Crippen LogP contribution in [0.4, 0.5) is 24.5 Å². The second-order valence-electron chi connectivity index (χ2n) is 7.15. The summed E-state index contributed by atoms with van der Waals surface area (Å²) in [5.41, 5.74) is -0.888. The van der Waals surface area contributed by atoms with Gasteiger partial charge in [-0.2, -0.15) is 13.2 Å². The number of nitrogens with one attached hydrogen (secondary N) is 2. The maximum Gasteiger partial charge on any atom is 0.416 e. The first-order chi connectivity index (χ1) is 12.9. The van der Waals surface area contributed by atoms with Crippen LogP contribution >= 0.6 is 0 Å². The fraction of sp³-hybridized carbons (Fsp3) is 0.300. The van der Waals surface area contributed by atoms with Crippen molar-refractivity contribution in [3.8, 4) is 5.75 Å². The molecule has 0 fully saturated rings.